The molecular formula is C40H26N4. The minimum atomic E-state index is 1.15. The topological polar surface area (TPSA) is 41.4 Å². The maximum absolute atomic E-state index is 3.67. The lowest BCUT2D eigenvalue weighted by Gasteiger charge is -2.10. The van der Waals surface area contributed by atoms with Gasteiger partial charge >= 0.3 is 0 Å². The molecule has 0 atom stereocenters. The monoisotopic (exact) mass is 562 g/mol. The quantitative estimate of drug-likeness (QED) is 0.215. The second-order valence-corrected chi connectivity index (χ2v) is 11.6. The Balaban J connectivity index is 1.23. The van der Waals surface area contributed by atoms with Crippen molar-refractivity contribution in [2.45, 2.75) is 0 Å². The van der Waals surface area contributed by atoms with Gasteiger partial charge in [-0.25, -0.2) is 0 Å². The normalized spacial score (nSPS) is 12.1. The zero-order valence-electron chi connectivity index (χ0n) is 23.8. The van der Waals surface area contributed by atoms with Gasteiger partial charge in [-0.3, -0.25) is 0 Å². The van der Waals surface area contributed by atoms with E-state index in [1.54, 1.807) is 0 Å². The Morgan fingerprint density at radius 3 is 2.00 bits per heavy atom. The first-order chi connectivity index (χ1) is 21.8. The van der Waals surface area contributed by atoms with E-state index >= 15 is 0 Å². The highest BCUT2D eigenvalue weighted by Gasteiger charge is 2.18. The minimum Gasteiger partial charge on any atom is -0.361 e. The van der Waals surface area contributed by atoms with E-state index in [0.717, 1.165) is 22.4 Å². The van der Waals surface area contributed by atoms with Gasteiger partial charge in [-0.05, 0) is 83.9 Å². The fraction of sp³-hybridized carbons (Fsp3) is 0. The van der Waals surface area contributed by atoms with Crippen molar-refractivity contribution in [3.05, 3.63) is 146 Å². The van der Waals surface area contributed by atoms with Gasteiger partial charge in [-0.15, -0.1) is 0 Å². The Kier molecular flexibility index (Phi) is 4.69. The summed E-state index contributed by atoms with van der Waals surface area (Å²) in [7, 11) is 0. The van der Waals surface area contributed by atoms with E-state index in [9.17, 15) is 0 Å². The Hall–Kier alpha value is -6.00. The van der Waals surface area contributed by atoms with E-state index in [-0.39, 0.29) is 0 Å². The molecule has 6 aromatic carbocycles. The maximum atomic E-state index is 3.67. The fourth-order valence-corrected chi connectivity index (χ4v) is 7.25. The summed E-state index contributed by atoms with van der Waals surface area (Å²) in [5.41, 5.74) is 11.9. The molecule has 0 radical (unpaired) electrons. The number of rotatable bonds is 3. The van der Waals surface area contributed by atoms with E-state index in [1.807, 2.05) is 6.20 Å². The van der Waals surface area contributed by atoms with Crippen LogP contribution in [0.3, 0.4) is 0 Å². The average molecular weight is 563 g/mol. The smallest absolute Gasteiger partial charge is 0.0635 e. The Labute approximate surface area is 252 Å². The first kappa shape index (κ1) is 23.6. The number of nitrogens with one attached hydrogen (secondary N) is 2. The summed E-state index contributed by atoms with van der Waals surface area (Å²) in [6, 6.07) is 48.4. The van der Waals surface area contributed by atoms with Crippen molar-refractivity contribution in [3.8, 4) is 22.5 Å². The van der Waals surface area contributed by atoms with Crippen LogP contribution in [0, 0.1) is 0 Å². The van der Waals surface area contributed by atoms with Crippen LogP contribution in [0.15, 0.2) is 146 Å². The van der Waals surface area contributed by atoms with E-state index in [4.69, 9.17) is 0 Å². The molecule has 0 unspecified atom stereocenters. The third-order valence-electron chi connectivity index (χ3n) is 9.28. The van der Waals surface area contributed by atoms with Crippen molar-refractivity contribution in [2.75, 3.05) is 0 Å². The minimum absolute atomic E-state index is 1.15. The molecular weight excluding hydrogens is 536 g/mol. The number of hydrogen-bond donors (Lipinski definition) is 2. The van der Waals surface area contributed by atoms with Gasteiger partial charge in [0.15, 0.2) is 0 Å². The number of hydrogen-bond acceptors (Lipinski definition) is 0. The number of para-hydroxylation sites is 2. The molecule has 4 nitrogen and oxygen atoms in total. The number of aromatic amines is 2. The number of nitrogens with zero attached hydrogens (tertiary/aromatic N) is 2. The van der Waals surface area contributed by atoms with Crippen LogP contribution >= 0.6 is 0 Å². The molecule has 0 aliphatic heterocycles. The zero-order chi connectivity index (χ0) is 28.8. The van der Waals surface area contributed by atoms with E-state index in [1.165, 1.54) is 65.5 Å². The molecule has 0 bridgehead atoms. The summed E-state index contributed by atoms with van der Waals surface area (Å²) in [6.45, 7) is 0. The van der Waals surface area contributed by atoms with Gasteiger partial charge in [0, 0.05) is 67.1 Å². The highest BCUT2D eigenvalue weighted by atomic mass is 15.0. The third kappa shape index (κ3) is 3.22. The second-order valence-electron chi connectivity index (χ2n) is 11.6. The third-order valence-corrected chi connectivity index (χ3v) is 9.28. The molecule has 4 heterocycles. The largest absolute Gasteiger partial charge is 0.361 e. The van der Waals surface area contributed by atoms with E-state index < -0.39 is 0 Å². The molecule has 0 spiro atoms. The summed E-state index contributed by atoms with van der Waals surface area (Å²) in [4.78, 5) is 7.00. The van der Waals surface area contributed by atoms with Crippen molar-refractivity contribution in [1.82, 2.24) is 19.1 Å². The SMILES string of the molecule is c1ccc(-n2ccc3c2ccc2c4cc(-c5ccc6[nH]c7c8cc[nH]c8ccc7c6c5)ccc4n(-c4ccccc4)c23)cc1. The van der Waals surface area contributed by atoms with Crippen LogP contribution in [0.2, 0.25) is 0 Å². The van der Waals surface area contributed by atoms with Crippen LogP contribution in [0.5, 0.6) is 0 Å². The summed E-state index contributed by atoms with van der Waals surface area (Å²) >= 11 is 0. The average Bonchev–Trinajstić information content (AvgIpc) is 3.87. The van der Waals surface area contributed by atoms with Crippen LogP contribution in [0.1, 0.15) is 0 Å². The fourth-order valence-electron chi connectivity index (χ4n) is 7.25. The highest BCUT2D eigenvalue weighted by Crippen LogP contribution is 2.40. The Morgan fingerprint density at radius 2 is 1.16 bits per heavy atom. The predicted molar refractivity (Wildman–Crippen MR) is 184 cm³/mol. The first-order valence-corrected chi connectivity index (χ1v) is 15.0. The standard InChI is InChI=1S/C40H26N4/c1-3-7-27(8-4-1)43-22-20-32-37(43)18-14-30-34-24-26(12-17-38(34)44(40(30)32)28-9-5-2-6-10-28)25-11-15-36-33(23-25)29-13-16-35-31(19-21-41-35)39(29)42-36/h1-24,41-42H. The highest BCUT2D eigenvalue weighted by molar-refractivity contribution is 6.20. The Bertz CT molecular complexity index is 2700. The lowest BCUT2D eigenvalue weighted by atomic mass is 10.00. The summed E-state index contributed by atoms with van der Waals surface area (Å²) in [5, 5.41) is 7.47. The lowest BCUT2D eigenvalue weighted by molar-refractivity contribution is 1.13. The molecule has 44 heavy (non-hydrogen) atoms. The molecule has 10 rings (SSSR count). The van der Waals surface area contributed by atoms with Crippen LogP contribution in [0.4, 0.5) is 0 Å². The van der Waals surface area contributed by atoms with Gasteiger partial charge in [0.1, 0.15) is 0 Å². The number of aromatic nitrogens is 4. The predicted octanol–water partition coefficient (Wildman–Crippen LogP) is 10.5. The molecule has 4 heteroatoms. The van der Waals surface area contributed by atoms with Gasteiger partial charge < -0.3 is 19.1 Å². The molecule has 0 saturated carbocycles. The molecule has 0 saturated heterocycles. The first-order valence-electron chi connectivity index (χ1n) is 15.0. The molecule has 0 fully saturated rings. The van der Waals surface area contributed by atoms with Crippen molar-refractivity contribution < 1.29 is 0 Å². The van der Waals surface area contributed by atoms with E-state index in [2.05, 4.69) is 159 Å². The maximum Gasteiger partial charge on any atom is 0.0635 e. The van der Waals surface area contributed by atoms with Crippen LogP contribution < -0.4 is 0 Å². The number of H-pyrrole nitrogens is 2. The van der Waals surface area contributed by atoms with Gasteiger partial charge in [0.05, 0.1) is 22.1 Å². The van der Waals surface area contributed by atoms with Gasteiger partial charge in [0.2, 0.25) is 0 Å². The number of fused-ring (bicyclic) bond motifs is 10. The molecule has 2 N–H and O–H groups in total. The van der Waals surface area contributed by atoms with Crippen molar-refractivity contribution in [3.63, 3.8) is 0 Å². The second kappa shape index (κ2) is 8.76. The molecule has 0 aliphatic rings. The molecule has 4 aromatic heterocycles. The summed E-state index contributed by atoms with van der Waals surface area (Å²) in [5.74, 6) is 0. The number of benzene rings is 6. The summed E-state index contributed by atoms with van der Waals surface area (Å²) in [6.07, 6.45) is 4.20. The van der Waals surface area contributed by atoms with Crippen LogP contribution in [-0.2, 0) is 0 Å². The zero-order valence-corrected chi connectivity index (χ0v) is 23.8. The van der Waals surface area contributed by atoms with Crippen LogP contribution in [0.25, 0.3) is 87.9 Å². The van der Waals surface area contributed by atoms with Crippen molar-refractivity contribution in [1.29, 1.82) is 0 Å². The van der Waals surface area contributed by atoms with Gasteiger partial charge in [-0.2, -0.15) is 0 Å². The van der Waals surface area contributed by atoms with Gasteiger partial charge in [-0.1, -0.05) is 60.7 Å². The van der Waals surface area contributed by atoms with E-state index in [0.29, 0.717) is 0 Å². The Morgan fingerprint density at radius 1 is 0.455 bits per heavy atom. The van der Waals surface area contributed by atoms with Crippen LogP contribution in [-0.4, -0.2) is 19.1 Å². The molecule has 0 amide bonds. The van der Waals surface area contributed by atoms with Crippen molar-refractivity contribution >= 4 is 65.4 Å². The van der Waals surface area contributed by atoms with Crippen molar-refractivity contribution in [2.24, 2.45) is 0 Å². The molecule has 10 aromatic rings. The molecule has 0 aliphatic carbocycles. The van der Waals surface area contributed by atoms with Gasteiger partial charge in [0.25, 0.3) is 0 Å². The summed E-state index contributed by atoms with van der Waals surface area (Å²) < 4.78 is 4.71. The molecule has 206 valence electrons. The lowest BCUT2D eigenvalue weighted by Crippen LogP contribution is -1.94.